The molecule has 0 heterocycles. The molecular formula is C7H9ClN2O2S. The predicted molar refractivity (Wildman–Crippen MR) is 52.0 cm³/mol. The fraction of sp³-hybridized carbons (Fsp3) is 0.143. The first kappa shape index (κ1) is 10.3. The molecule has 0 aliphatic carbocycles. The van der Waals surface area contributed by atoms with E-state index in [1.54, 1.807) is 6.92 Å². The summed E-state index contributed by atoms with van der Waals surface area (Å²) in [5.41, 5.74) is 6.11. The third-order valence-electron chi connectivity index (χ3n) is 1.63. The third-order valence-corrected chi connectivity index (χ3v) is 3.06. The molecule has 0 aliphatic rings. The third kappa shape index (κ3) is 2.12. The Bertz CT molecular complexity index is 442. The summed E-state index contributed by atoms with van der Waals surface area (Å²) in [6.07, 6.45) is 0. The molecule has 0 atom stereocenters. The first-order chi connectivity index (χ1) is 5.82. The van der Waals surface area contributed by atoms with Crippen molar-refractivity contribution < 1.29 is 8.42 Å². The Hall–Kier alpha value is -0.780. The van der Waals surface area contributed by atoms with Gasteiger partial charge in [0, 0.05) is 10.7 Å². The first-order valence-corrected chi connectivity index (χ1v) is 5.33. The van der Waals surface area contributed by atoms with Gasteiger partial charge in [-0.25, -0.2) is 13.6 Å². The molecule has 0 unspecified atom stereocenters. The molecule has 72 valence electrons. The summed E-state index contributed by atoms with van der Waals surface area (Å²) in [4.78, 5) is -0.0301. The molecular weight excluding hydrogens is 212 g/mol. The molecule has 4 nitrogen and oxygen atoms in total. The van der Waals surface area contributed by atoms with Crippen LogP contribution in [0.3, 0.4) is 0 Å². The van der Waals surface area contributed by atoms with Crippen molar-refractivity contribution >= 4 is 27.3 Å². The van der Waals surface area contributed by atoms with Crippen LogP contribution in [0.5, 0.6) is 0 Å². The van der Waals surface area contributed by atoms with E-state index >= 15 is 0 Å². The predicted octanol–water partition coefficient (Wildman–Crippen LogP) is 0.878. The Morgan fingerprint density at radius 2 is 1.92 bits per heavy atom. The van der Waals surface area contributed by atoms with Gasteiger partial charge in [0.1, 0.15) is 0 Å². The zero-order valence-corrected chi connectivity index (χ0v) is 8.48. The molecule has 0 saturated heterocycles. The Labute approximate surface area is 81.5 Å². The van der Waals surface area contributed by atoms with Crippen LogP contribution in [0.25, 0.3) is 0 Å². The average Bonchev–Trinajstić information content (AvgIpc) is 1.94. The number of benzene rings is 1. The van der Waals surface area contributed by atoms with E-state index < -0.39 is 10.0 Å². The molecule has 1 aromatic carbocycles. The quantitative estimate of drug-likeness (QED) is 0.689. The zero-order chi connectivity index (χ0) is 10.2. The monoisotopic (exact) mass is 220 g/mol. The Morgan fingerprint density at radius 3 is 2.38 bits per heavy atom. The minimum atomic E-state index is -3.74. The van der Waals surface area contributed by atoms with Crippen molar-refractivity contribution in [2.45, 2.75) is 11.8 Å². The number of hydrogen-bond acceptors (Lipinski definition) is 3. The maximum atomic E-state index is 11.0. The van der Waals surface area contributed by atoms with Crippen molar-refractivity contribution in [2.75, 3.05) is 5.73 Å². The summed E-state index contributed by atoms with van der Waals surface area (Å²) >= 11 is 5.73. The van der Waals surface area contributed by atoms with Crippen molar-refractivity contribution in [1.82, 2.24) is 0 Å². The molecule has 1 rings (SSSR count). The van der Waals surface area contributed by atoms with E-state index in [0.717, 1.165) is 0 Å². The van der Waals surface area contributed by atoms with Crippen LogP contribution in [0, 0.1) is 6.92 Å². The molecule has 6 heteroatoms. The van der Waals surface area contributed by atoms with E-state index in [-0.39, 0.29) is 10.6 Å². The number of halogens is 1. The number of rotatable bonds is 1. The fourth-order valence-corrected chi connectivity index (χ4v) is 2.09. The number of hydrogen-bond donors (Lipinski definition) is 2. The summed E-state index contributed by atoms with van der Waals surface area (Å²) in [6.45, 7) is 1.57. The van der Waals surface area contributed by atoms with Gasteiger partial charge in [0.25, 0.3) is 0 Å². The lowest BCUT2D eigenvalue weighted by atomic mass is 10.2. The van der Waals surface area contributed by atoms with Crippen molar-refractivity contribution in [3.8, 4) is 0 Å². The van der Waals surface area contributed by atoms with Gasteiger partial charge in [0.05, 0.1) is 4.90 Å². The number of nitrogens with two attached hydrogens (primary N) is 2. The molecule has 0 fully saturated rings. The van der Waals surface area contributed by atoms with E-state index in [1.807, 2.05) is 0 Å². The molecule has 0 amide bonds. The summed E-state index contributed by atoms with van der Waals surface area (Å²) in [5.74, 6) is 0. The van der Waals surface area contributed by atoms with Gasteiger partial charge in [-0.1, -0.05) is 11.6 Å². The number of anilines is 1. The van der Waals surface area contributed by atoms with E-state index in [0.29, 0.717) is 10.6 Å². The molecule has 0 radical (unpaired) electrons. The highest BCUT2D eigenvalue weighted by Gasteiger charge is 2.14. The van der Waals surface area contributed by atoms with Crippen molar-refractivity contribution in [3.63, 3.8) is 0 Å². The van der Waals surface area contributed by atoms with E-state index in [2.05, 4.69) is 0 Å². The van der Waals surface area contributed by atoms with Crippen LogP contribution in [0.4, 0.5) is 5.69 Å². The van der Waals surface area contributed by atoms with Gasteiger partial charge >= 0.3 is 0 Å². The van der Waals surface area contributed by atoms with Crippen LogP contribution < -0.4 is 10.9 Å². The smallest absolute Gasteiger partial charge is 0.238 e. The SMILES string of the molecule is Cc1c(Cl)cc(N)cc1S(N)(=O)=O. The minimum Gasteiger partial charge on any atom is -0.399 e. The standard InChI is InChI=1S/C7H9ClN2O2S/c1-4-6(8)2-5(9)3-7(4)13(10,11)12/h2-3H,9H2,1H3,(H2,10,11,12). The van der Waals surface area contributed by atoms with Crippen LogP contribution in [-0.4, -0.2) is 8.42 Å². The second kappa shape index (κ2) is 3.17. The summed E-state index contributed by atoms with van der Waals surface area (Å²) in [6, 6.07) is 2.77. The second-order valence-corrected chi connectivity index (χ2v) is 4.61. The lowest BCUT2D eigenvalue weighted by Gasteiger charge is -2.06. The van der Waals surface area contributed by atoms with Crippen LogP contribution in [-0.2, 0) is 10.0 Å². The summed E-state index contributed by atoms with van der Waals surface area (Å²) in [7, 11) is -3.74. The highest BCUT2D eigenvalue weighted by atomic mass is 35.5. The van der Waals surface area contributed by atoms with Crippen molar-refractivity contribution in [1.29, 1.82) is 0 Å². The lowest BCUT2D eigenvalue weighted by molar-refractivity contribution is 0.597. The number of nitrogen functional groups attached to an aromatic ring is 1. The van der Waals surface area contributed by atoms with Crippen molar-refractivity contribution in [3.05, 3.63) is 22.7 Å². The van der Waals surface area contributed by atoms with Gasteiger partial charge in [0.2, 0.25) is 10.0 Å². The molecule has 0 spiro atoms. The maximum absolute atomic E-state index is 11.0. The molecule has 0 aromatic heterocycles. The van der Waals surface area contributed by atoms with Crippen LogP contribution in [0.1, 0.15) is 5.56 Å². The largest absolute Gasteiger partial charge is 0.399 e. The summed E-state index contributed by atoms with van der Waals surface area (Å²) < 4.78 is 22.0. The van der Waals surface area contributed by atoms with Gasteiger partial charge < -0.3 is 5.73 Å². The molecule has 0 saturated carbocycles. The molecule has 1 aromatic rings. The lowest BCUT2D eigenvalue weighted by Crippen LogP contribution is -2.14. The van der Waals surface area contributed by atoms with Gasteiger partial charge in [-0.05, 0) is 24.6 Å². The molecule has 13 heavy (non-hydrogen) atoms. The van der Waals surface area contributed by atoms with E-state index in [4.69, 9.17) is 22.5 Å². The highest BCUT2D eigenvalue weighted by Crippen LogP contribution is 2.25. The number of sulfonamides is 1. The van der Waals surface area contributed by atoms with Crippen LogP contribution >= 0.6 is 11.6 Å². The Morgan fingerprint density at radius 1 is 1.38 bits per heavy atom. The average molecular weight is 221 g/mol. The van der Waals surface area contributed by atoms with Crippen LogP contribution in [0.2, 0.25) is 5.02 Å². The van der Waals surface area contributed by atoms with Gasteiger partial charge in [-0.15, -0.1) is 0 Å². The topological polar surface area (TPSA) is 86.2 Å². The van der Waals surface area contributed by atoms with Crippen LogP contribution in [0.15, 0.2) is 17.0 Å². The normalized spacial score (nSPS) is 11.6. The van der Waals surface area contributed by atoms with Gasteiger partial charge in [-0.3, -0.25) is 0 Å². The Kier molecular flexibility index (Phi) is 2.51. The van der Waals surface area contributed by atoms with E-state index in [1.165, 1.54) is 12.1 Å². The van der Waals surface area contributed by atoms with Gasteiger partial charge in [0.15, 0.2) is 0 Å². The second-order valence-electron chi connectivity index (χ2n) is 2.67. The summed E-state index contributed by atoms with van der Waals surface area (Å²) in [5, 5.41) is 5.25. The van der Waals surface area contributed by atoms with E-state index in [9.17, 15) is 8.42 Å². The first-order valence-electron chi connectivity index (χ1n) is 3.41. The number of primary sulfonamides is 1. The maximum Gasteiger partial charge on any atom is 0.238 e. The van der Waals surface area contributed by atoms with Crippen molar-refractivity contribution in [2.24, 2.45) is 5.14 Å². The van der Waals surface area contributed by atoms with Gasteiger partial charge in [-0.2, -0.15) is 0 Å². The molecule has 0 bridgehead atoms. The highest BCUT2D eigenvalue weighted by molar-refractivity contribution is 7.89. The molecule has 4 N–H and O–H groups in total. The molecule has 0 aliphatic heterocycles. The minimum absolute atomic E-state index is 0.0301. The zero-order valence-electron chi connectivity index (χ0n) is 6.91. The fourth-order valence-electron chi connectivity index (χ4n) is 0.969. The Balaban J connectivity index is 3.56.